The summed E-state index contributed by atoms with van der Waals surface area (Å²) < 4.78 is 41.5. The number of aliphatic hydroxyl groups is 1. The van der Waals surface area contributed by atoms with Gasteiger partial charge in [0.15, 0.2) is 0 Å². The molecule has 1 aromatic heterocycles. The van der Waals surface area contributed by atoms with Crippen LogP contribution in [0.2, 0.25) is 0 Å². The number of benzene rings is 1. The lowest BCUT2D eigenvalue weighted by atomic mass is 9.86. The average molecular weight is 392 g/mol. The highest BCUT2D eigenvalue weighted by atomic mass is 19.3. The first-order chi connectivity index (χ1) is 13.3. The van der Waals surface area contributed by atoms with Crippen molar-refractivity contribution in [1.82, 2.24) is 9.78 Å². The van der Waals surface area contributed by atoms with Gasteiger partial charge in [-0.15, -0.1) is 0 Å². The SMILES string of the molecule is Cc1nn(C2(Cc3cc(F)cc(C(F)F)c3)C=CN=CC2)c(CO)c1C(N)=O. The van der Waals surface area contributed by atoms with Crippen LogP contribution in [0.1, 0.15) is 45.7 Å². The number of hydrogen-bond acceptors (Lipinski definition) is 4. The molecule has 28 heavy (non-hydrogen) atoms. The molecule has 148 valence electrons. The Morgan fingerprint density at radius 1 is 1.39 bits per heavy atom. The zero-order valence-corrected chi connectivity index (χ0v) is 15.1. The molecule has 1 aromatic carbocycles. The molecule has 3 rings (SSSR count). The third-order valence-electron chi connectivity index (χ3n) is 4.74. The summed E-state index contributed by atoms with van der Waals surface area (Å²) in [6.07, 6.45) is 2.40. The molecule has 2 aromatic rings. The molecule has 1 unspecified atom stereocenters. The molecule has 0 bridgehead atoms. The van der Waals surface area contributed by atoms with Crippen LogP contribution in [0.5, 0.6) is 0 Å². The van der Waals surface area contributed by atoms with Gasteiger partial charge in [-0.2, -0.15) is 5.10 Å². The first kappa shape index (κ1) is 19.8. The fraction of sp³-hybridized carbons (Fsp3) is 0.316. The number of amides is 1. The monoisotopic (exact) mass is 392 g/mol. The number of rotatable bonds is 6. The minimum Gasteiger partial charge on any atom is -0.390 e. The lowest BCUT2D eigenvalue weighted by molar-refractivity contribution is 0.0995. The van der Waals surface area contributed by atoms with Crippen molar-refractivity contribution in [3.63, 3.8) is 0 Å². The van der Waals surface area contributed by atoms with Crippen LogP contribution in [0.3, 0.4) is 0 Å². The van der Waals surface area contributed by atoms with Gasteiger partial charge >= 0.3 is 0 Å². The summed E-state index contributed by atoms with van der Waals surface area (Å²) in [5.41, 5.74) is 5.00. The van der Waals surface area contributed by atoms with E-state index in [0.717, 1.165) is 6.07 Å². The van der Waals surface area contributed by atoms with Crippen LogP contribution in [0.15, 0.2) is 35.5 Å². The van der Waals surface area contributed by atoms with E-state index in [2.05, 4.69) is 10.1 Å². The molecule has 0 spiro atoms. The molecule has 0 radical (unpaired) electrons. The number of hydrogen-bond donors (Lipinski definition) is 2. The highest BCUT2D eigenvalue weighted by Gasteiger charge is 2.36. The fourth-order valence-electron chi connectivity index (χ4n) is 3.55. The number of aryl methyl sites for hydroxylation is 1. The van der Waals surface area contributed by atoms with E-state index in [-0.39, 0.29) is 17.7 Å². The molecular weight excluding hydrogens is 373 g/mol. The smallest absolute Gasteiger partial charge is 0.263 e. The predicted octanol–water partition coefficient (Wildman–Crippen LogP) is 2.79. The summed E-state index contributed by atoms with van der Waals surface area (Å²) in [5.74, 6) is -1.50. The zero-order valence-electron chi connectivity index (χ0n) is 15.1. The largest absolute Gasteiger partial charge is 0.390 e. The molecule has 0 aliphatic carbocycles. The van der Waals surface area contributed by atoms with Gasteiger partial charge in [0.25, 0.3) is 12.3 Å². The van der Waals surface area contributed by atoms with Crippen LogP contribution in [-0.2, 0) is 18.6 Å². The van der Waals surface area contributed by atoms with Crippen LogP contribution in [-0.4, -0.2) is 27.0 Å². The third-order valence-corrected chi connectivity index (χ3v) is 4.74. The van der Waals surface area contributed by atoms with E-state index < -0.39 is 35.9 Å². The first-order valence-electron chi connectivity index (χ1n) is 8.54. The number of nitrogens with zero attached hydrogens (tertiary/aromatic N) is 3. The minimum absolute atomic E-state index is 0.0965. The minimum atomic E-state index is -2.81. The van der Waals surface area contributed by atoms with Gasteiger partial charge < -0.3 is 10.8 Å². The Labute approximate surface area is 159 Å². The van der Waals surface area contributed by atoms with E-state index in [4.69, 9.17) is 5.73 Å². The Bertz CT molecular complexity index is 968. The number of nitrogens with two attached hydrogens (primary N) is 1. The lowest BCUT2D eigenvalue weighted by Gasteiger charge is -2.33. The van der Waals surface area contributed by atoms with E-state index in [9.17, 15) is 23.1 Å². The molecule has 1 aliphatic heterocycles. The van der Waals surface area contributed by atoms with Gasteiger partial charge in [0, 0.05) is 30.8 Å². The van der Waals surface area contributed by atoms with E-state index in [1.807, 2.05) is 0 Å². The number of aliphatic hydroxyl groups excluding tert-OH is 1. The number of alkyl halides is 2. The van der Waals surface area contributed by atoms with Crippen molar-refractivity contribution < 1.29 is 23.1 Å². The molecule has 0 saturated heterocycles. The summed E-state index contributed by atoms with van der Waals surface area (Å²) in [5, 5.41) is 14.2. The van der Waals surface area contributed by atoms with Crippen LogP contribution < -0.4 is 5.73 Å². The Morgan fingerprint density at radius 2 is 2.14 bits per heavy atom. The summed E-state index contributed by atoms with van der Waals surface area (Å²) in [4.78, 5) is 15.8. The van der Waals surface area contributed by atoms with Crippen molar-refractivity contribution in [2.75, 3.05) is 0 Å². The standard InChI is InChI=1S/C19H19F3N4O2/c1-11-16(18(23)28)15(10-27)26(25-11)19(2-4-24-5-3-19)9-12-6-13(17(21)22)8-14(20)7-12/h2,4-8,17,27H,3,9-10H2,1H3,(H2,23,28). The molecule has 3 N–H and O–H groups in total. The van der Waals surface area contributed by atoms with Crippen molar-refractivity contribution >= 4 is 12.1 Å². The average Bonchev–Trinajstić information content (AvgIpc) is 2.99. The van der Waals surface area contributed by atoms with E-state index in [1.165, 1.54) is 23.0 Å². The van der Waals surface area contributed by atoms with Gasteiger partial charge in [0.2, 0.25) is 0 Å². The number of primary amides is 1. The van der Waals surface area contributed by atoms with Crippen LogP contribution in [0.25, 0.3) is 0 Å². The van der Waals surface area contributed by atoms with Gasteiger partial charge in [0.1, 0.15) is 5.82 Å². The third kappa shape index (κ3) is 3.57. The normalized spacial score (nSPS) is 18.8. The second kappa shape index (κ2) is 7.59. The summed E-state index contributed by atoms with van der Waals surface area (Å²) in [6, 6.07) is 3.21. The summed E-state index contributed by atoms with van der Waals surface area (Å²) >= 11 is 0. The van der Waals surface area contributed by atoms with Crippen molar-refractivity contribution in [3.8, 4) is 0 Å². The fourth-order valence-corrected chi connectivity index (χ4v) is 3.55. The molecule has 1 atom stereocenters. The molecule has 9 heteroatoms. The first-order valence-corrected chi connectivity index (χ1v) is 8.54. The molecule has 1 aliphatic rings. The quantitative estimate of drug-likeness (QED) is 0.792. The van der Waals surface area contributed by atoms with Gasteiger partial charge in [-0.05, 0) is 36.8 Å². The van der Waals surface area contributed by atoms with Gasteiger partial charge in [0.05, 0.1) is 29.1 Å². The van der Waals surface area contributed by atoms with E-state index in [1.54, 1.807) is 19.2 Å². The summed E-state index contributed by atoms with van der Waals surface area (Å²) in [6.45, 7) is 1.08. The maximum Gasteiger partial charge on any atom is 0.263 e. The number of aromatic nitrogens is 2. The number of carbonyl (C=O) groups is 1. The number of halogens is 3. The molecule has 6 nitrogen and oxygen atoms in total. The van der Waals surface area contributed by atoms with Crippen LogP contribution in [0.4, 0.5) is 13.2 Å². The number of aliphatic imine (C=N–C) groups is 1. The number of allylic oxidation sites excluding steroid dienone is 1. The van der Waals surface area contributed by atoms with Gasteiger partial charge in [-0.25, -0.2) is 13.2 Å². The molecule has 1 amide bonds. The Balaban J connectivity index is 2.14. The Kier molecular flexibility index (Phi) is 5.37. The Hall–Kier alpha value is -2.94. The highest BCUT2D eigenvalue weighted by molar-refractivity contribution is 5.95. The van der Waals surface area contributed by atoms with E-state index >= 15 is 0 Å². The molecule has 0 fully saturated rings. The topological polar surface area (TPSA) is 93.5 Å². The van der Waals surface area contributed by atoms with Crippen molar-refractivity contribution in [2.45, 2.75) is 38.3 Å². The van der Waals surface area contributed by atoms with Gasteiger partial charge in [-0.1, -0.05) is 0 Å². The van der Waals surface area contributed by atoms with Gasteiger partial charge in [-0.3, -0.25) is 14.5 Å². The molecular formula is C19H19F3N4O2. The van der Waals surface area contributed by atoms with Crippen molar-refractivity contribution in [1.29, 1.82) is 0 Å². The molecule has 2 heterocycles. The van der Waals surface area contributed by atoms with Crippen molar-refractivity contribution in [3.05, 3.63) is 64.4 Å². The second-order valence-electron chi connectivity index (χ2n) is 6.67. The predicted molar refractivity (Wildman–Crippen MR) is 96.7 cm³/mol. The maximum atomic E-state index is 13.9. The highest BCUT2D eigenvalue weighted by Crippen LogP contribution is 2.33. The molecule has 0 saturated carbocycles. The maximum absolute atomic E-state index is 13.9. The van der Waals surface area contributed by atoms with Crippen LogP contribution in [0, 0.1) is 12.7 Å². The van der Waals surface area contributed by atoms with Crippen LogP contribution >= 0.6 is 0 Å². The zero-order chi connectivity index (χ0) is 20.5. The van der Waals surface area contributed by atoms with E-state index in [0.29, 0.717) is 17.7 Å². The summed E-state index contributed by atoms with van der Waals surface area (Å²) in [7, 11) is 0. The Morgan fingerprint density at radius 3 is 2.71 bits per heavy atom. The lowest BCUT2D eigenvalue weighted by Crippen LogP contribution is -2.38. The second-order valence-corrected chi connectivity index (χ2v) is 6.67. The number of carbonyl (C=O) groups excluding carboxylic acids is 1. The van der Waals surface area contributed by atoms with Crippen molar-refractivity contribution in [2.24, 2.45) is 10.7 Å².